The van der Waals surface area contributed by atoms with Gasteiger partial charge in [0, 0.05) is 50.6 Å². The molecule has 0 spiro atoms. The quantitative estimate of drug-likeness (QED) is 0.307. The molecule has 0 saturated carbocycles. The highest BCUT2D eigenvalue weighted by Gasteiger charge is 2.32. The molecule has 3 rings (SSSR count). The van der Waals surface area contributed by atoms with Crippen LogP contribution in [0.4, 0.5) is 0 Å². The molecule has 9 heteroatoms. The van der Waals surface area contributed by atoms with Gasteiger partial charge in [-0.1, -0.05) is 0 Å². The predicted molar refractivity (Wildman–Crippen MR) is 135 cm³/mol. The molecule has 0 amide bonds. The molecule has 170 valence electrons. The van der Waals surface area contributed by atoms with Gasteiger partial charge in [-0.3, -0.25) is 9.89 Å². The minimum Gasteiger partial charge on any atom is -0.497 e. The van der Waals surface area contributed by atoms with Gasteiger partial charge in [0.2, 0.25) is 0 Å². The van der Waals surface area contributed by atoms with E-state index in [4.69, 9.17) is 14.5 Å². The van der Waals surface area contributed by atoms with E-state index in [9.17, 15) is 5.11 Å². The average Bonchev–Trinajstić information content (AvgIpc) is 3.18. The lowest BCUT2D eigenvalue weighted by molar-refractivity contribution is 0.0773. The van der Waals surface area contributed by atoms with E-state index in [0.29, 0.717) is 6.54 Å². The lowest BCUT2D eigenvalue weighted by atomic mass is 10.0. The largest absolute Gasteiger partial charge is 0.497 e. The number of ether oxygens (including phenoxy) is 2. The zero-order valence-corrected chi connectivity index (χ0v) is 21.4. The van der Waals surface area contributed by atoms with Crippen molar-refractivity contribution in [2.75, 3.05) is 65.0 Å². The molecule has 0 radical (unpaired) electrons. The van der Waals surface area contributed by atoms with E-state index in [1.54, 1.807) is 14.2 Å². The summed E-state index contributed by atoms with van der Waals surface area (Å²) in [6.45, 7) is 7.93. The number of thioether (sulfide) groups is 1. The van der Waals surface area contributed by atoms with Crippen LogP contribution in [0.5, 0.6) is 11.5 Å². The number of halogens is 1. The first-order valence-corrected chi connectivity index (χ1v) is 11.5. The van der Waals surface area contributed by atoms with Crippen molar-refractivity contribution in [1.29, 1.82) is 0 Å². The van der Waals surface area contributed by atoms with Gasteiger partial charge < -0.3 is 24.8 Å². The minimum absolute atomic E-state index is 0. The van der Waals surface area contributed by atoms with Gasteiger partial charge in [0.15, 0.2) is 5.96 Å². The number of rotatable bonds is 7. The number of nitrogens with one attached hydrogen (secondary N) is 1. The molecular weight excluding hydrogens is 515 g/mol. The molecule has 1 aromatic rings. The highest BCUT2D eigenvalue weighted by atomic mass is 127. The molecule has 1 unspecified atom stereocenters. The Labute approximate surface area is 201 Å². The number of hydrogen-bond acceptors (Lipinski definition) is 6. The number of guanidine groups is 1. The van der Waals surface area contributed by atoms with Crippen molar-refractivity contribution < 1.29 is 14.6 Å². The molecule has 1 atom stereocenters. The maximum Gasteiger partial charge on any atom is 0.194 e. The fourth-order valence-corrected chi connectivity index (χ4v) is 5.02. The van der Waals surface area contributed by atoms with E-state index < -0.39 is 5.60 Å². The first kappa shape index (κ1) is 25.4. The third-order valence-electron chi connectivity index (χ3n) is 5.49. The van der Waals surface area contributed by atoms with Crippen molar-refractivity contribution >= 4 is 41.7 Å². The summed E-state index contributed by atoms with van der Waals surface area (Å²) < 4.78 is 10.9. The Balaban J connectivity index is 0.00000320. The number of hydrogen-bond donors (Lipinski definition) is 2. The lowest BCUT2D eigenvalue weighted by Gasteiger charge is -2.37. The van der Waals surface area contributed by atoms with Crippen molar-refractivity contribution in [1.82, 2.24) is 15.1 Å². The summed E-state index contributed by atoms with van der Waals surface area (Å²) >= 11 is 1.81. The molecule has 2 aliphatic heterocycles. The van der Waals surface area contributed by atoms with E-state index in [-0.39, 0.29) is 24.0 Å². The van der Waals surface area contributed by atoms with Crippen LogP contribution in [0.1, 0.15) is 18.9 Å². The molecule has 1 aromatic carbocycles. The van der Waals surface area contributed by atoms with Crippen LogP contribution in [0.25, 0.3) is 0 Å². The second-order valence-electron chi connectivity index (χ2n) is 7.64. The maximum atomic E-state index is 10.6. The molecule has 0 aromatic heterocycles. The molecule has 0 aliphatic carbocycles. The van der Waals surface area contributed by atoms with Gasteiger partial charge in [0.25, 0.3) is 0 Å². The van der Waals surface area contributed by atoms with Crippen LogP contribution in [0.2, 0.25) is 0 Å². The first-order valence-electron chi connectivity index (χ1n) is 10.3. The van der Waals surface area contributed by atoms with Gasteiger partial charge in [-0.2, -0.15) is 11.8 Å². The Hall–Kier alpha value is -0.910. The van der Waals surface area contributed by atoms with Gasteiger partial charge in [0.05, 0.1) is 26.4 Å². The van der Waals surface area contributed by atoms with Gasteiger partial charge in [-0.25, -0.2) is 0 Å². The number of nitrogens with zero attached hydrogens (tertiary/aromatic N) is 3. The standard InChI is InChI=1S/C21H34N4O3S.HI/c1-4-22-20(23-15-21(26)7-12-29-16-21)25-10-8-24(9-11-25)14-17-13-18(27-2)5-6-19(17)28-3;/h5-6,13,26H,4,7-12,14-16H2,1-3H3,(H,22,23);1H. The molecular formula is C21H35IN4O3S. The van der Waals surface area contributed by atoms with Crippen molar-refractivity contribution in [3.63, 3.8) is 0 Å². The monoisotopic (exact) mass is 550 g/mol. The molecule has 2 saturated heterocycles. The van der Waals surface area contributed by atoms with Crippen LogP contribution in [-0.4, -0.2) is 91.5 Å². The number of aliphatic hydroxyl groups is 1. The fraction of sp³-hybridized carbons (Fsp3) is 0.667. The van der Waals surface area contributed by atoms with Crippen molar-refractivity contribution in [2.24, 2.45) is 4.99 Å². The Morgan fingerprint density at radius 2 is 2.00 bits per heavy atom. The number of benzene rings is 1. The zero-order chi connectivity index (χ0) is 20.7. The Bertz CT molecular complexity index is 693. The second kappa shape index (κ2) is 12.2. The van der Waals surface area contributed by atoms with Gasteiger partial charge >= 0.3 is 0 Å². The third kappa shape index (κ3) is 6.80. The van der Waals surface area contributed by atoms with Crippen LogP contribution in [-0.2, 0) is 6.54 Å². The molecule has 2 aliphatic rings. The molecule has 30 heavy (non-hydrogen) atoms. The van der Waals surface area contributed by atoms with Gasteiger partial charge in [0.1, 0.15) is 11.5 Å². The van der Waals surface area contributed by atoms with Crippen molar-refractivity contribution in [3.8, 4) is 11.5 Å². The fourth-order valence-electron chi connectivity index (χ4n) is 3.73. The Kier molecular flexibility index (Phi) is 10.3. The minimum atomic E-state index is -0.643. The van der Waals surface area contributed by atoms with E-state index in [0.717, 1.165) is 80.2 Å². The number of piperazine rings is 1. The van der Waals surface area contributed by atoms with E-state index in [2.05, 4.69) is 28.1 Å². The summed E-state index contributed by atoms with van der Waals surface area (Å²) in [4.78, 5) is 9.49. The van der Waals surface area contributed by atoms with Crippen LogP contribution in [0.15, 0.2) is 23.2 Å². The van der Waals surface area contributed by atoms with Crippen LogP contribution in [0.3, 0.4) is 0 Å². The van der Waals surface area contributed by atoms with E-state index in [1.807, 2.05) is 23.9 Å². The SMILES string of the molecule is CCNC(=NCC1(O)CCSC1)N1CCN(Cc2cc(OC)ccc2OC)CC1.I. The smallest absolute Gasteiger partial charge is 0.194 e. The van der Waals surface area contributed by atoms with Crippen molar-refractivity contribution in [2.45, 2.75) is 25.5 Å². The van der Waals surface area contributed by atoms with Gasteiger partial charge in [-0.05, 0) is 37.3 Å². The molecule has 2 N–H and O–H groups in total. The second-order valence-corrected chi connectivity index (χ2v) is 8.74. The predicted octanol–water partition coefficient (Wildman–Crippen LogP) is 2.27. The summed E-state index contributed by atoms with van der Waals surface area (Å²) in [5.74, 6) is 4.47. The van der Waals surface area contributed by atoms with E-state index in [1.165, 1.54) is 0 Å². The molecule has 7 nitrogen and oxygen atoms in total. The van der Waals surface area contributed by atoms with Crippen LogP contribution >= 0.6 is 35.7 Å². The lowest BCUT2D eigenvalue weighted by Crippen LogP contribution is -2.52. The highest BCUT2D eigenvalue weighted by Crippen LogP contribution is 2.28. The summed E-state index contributed by atoms with van der Waals surface area (Å²) in [5, 5.41) is 14.0. The zero-order valence-electron chi connectivity index (χ0n) is 18.2. The highest BCUT2D eigenvalue weighted by molar-refractivity contribution is 14.0. The van der Waals surface area contributed by atoms with E-state index >= 15 is 0 Å². The topological polar surface area (TPSA) is 69.6 Å². The van der Waals surface area contributed by atoms with Crippen LogP contribution < -0.4 is 14.8 Å². The number of methoxy groups -OCH3 is 2. The maximum absolute atomic E-state index is 10.6. The summed E-state index contributed by atoms with van der Waals surface area (Å²) in [7, 11) is 3.39. The van der Waals surface area contributed by atoms with Crippen LogP contribution in [0, 0.1) is 0 Å². The summed E-state index contributed by atoms with van der Waals surface area (Å²) in [6, 6.07) is 5.94. The third-order valence-corrected chi connectivity index (χ3v) is 6.73. The summed E-state index contributed by atoms with van der Waals surface area (Å²) in [6.07, 6.45) is 0.830. The Morgan fingerprint density at radius 3 is 2.60 bits per heavy atom. The molecule has 2 fully saturated rings. The first-order chi connectivity index (χ1) is 14.1. The van der Waals surface area contributed by atoms with Gasteiger partial charge in [-0.15, -0.1) is 24.0 Å². The Morgan fingerprint density at radius 1 is 1.23 bits per heavy atom. The van der Waals surface area contributed by atoms with Crippen molar-refractivity contribution in [3.05, 3.63) is 23.8 Å². The molecule has 2 heterocycles. The summed E-state index contributed by atoms with van der Waals surface area (Å²) in [5.41, 5.74) is 0.498. The average molecular weight is 551 g/mol. The normalized spacial score (nSPS) is 22.5. The number of aliphatic imine (C=N–C) groups is 1. The molecule has 0 bridgehead atoms.